The van der Waals surface area contributed by atoms with Crippen LogP contribution in [0.3, 0.4) is 0 Å². The number of aliphatic hydroxyl groups is 1. The average molecular weight is 388 g/mol. The summed E-state index contributed by atoms with van der Waals surface area (Å²) < 4.78 is 0. The van der Waals surface area contributed by atoms with Crippen LogP contribution in [0.25, 0.3) is 0 Å². The van der Waals surface area contributed by atoms with Gasteiger partial charge in [0.1, 0.15) is 0 Å². The lowest BCUT2D eigenvalue weighted by Crippen LogP contribution is -2.52. The van der Waals surface area contributed by atoms with Gasteiger partial charge in [0.05, 0.1) is 23.4 Å². The molecule has 2 N–H and O–H groups in total. The first-order valence-corrected chi connectivity index (χ1v) is 9.67. The zero-order valence-electron chi connectivity index (χ0n) is 15.6. The van der Waals surface area contributed by atoms with Crippen molar-refractivity contribution in [2.24, 2.45) is 4.99 Å². The fourth-order valence-electron chi connectivity index (χ4n) is 3.16. The number of hydrogen-bond donors (Lipinski definition) is 2. The molecule has 1 saturated heterocycles. The molecular weight excluding hydrogens is 362 g/mol. The highest BCUT2D eigenvalue weighted by atomic mass is 35.5. The average Bonchev–Trinajstić information content (AvgIpc) is 2.72. The number of guanidine groups is 1. The summed E-state index contributed by atoms with van der Waals surface area (Å²) >= 11 is 6.33. The number of rotatable bonds is 5. The van der Waals surface area contributed by atoms with Crippen LogP contribution in [-0.2, 0) is 0 Å². The Balaban J connectivity index is 1.61. The summed E-state index contributed by atoms with van der Waals surface area (Å²) in [6.07, 6.45) is 2.73. The van der Waals surface area contributed by atoms with Gasteiger partial charge in [-0.05, 0) is 36.8 Å². The van der Waals surface area contributed by atoms with Crippen LogP contribution < -0.4 is 10.2 Å². The molecule has 2 aromatic rings. The Morgan fingerprint density at radius 2 is 1.89 bits per heavy atom. The van der Waals surface area contributed by atoms with Gasteiger partial charge in [0, 0.05) is 45.1 Å². The van der Waals surface area contributed by atoms with E-state index < -0.39 is 6.10 Å². The van der Waals surface area contributed by atoms with E-state index in [1.54, 1.807) is 12.4 Å². The van der Waals surface area contributed by atoms with Gasteiger partial charge in [-0.3, -0.25) is 9.98 Å². The number of aliphatic imine (C=N–C) groups is 1. The molecule has 6 nitrogen and oxygen atoms in total. The SMILES string of the molecule is CCNC(=NCC(O)c1ccncc1)N1CCN(c2ccccc2Cl)CC1. The fraction of sp³-hybridized carbons (Fsp3) is 0.400. The van der Waals surface area contributed by atoms with Gasteiger partial charge >= 0.3 is 0 Å². The van der Waals surface area contributed by atoms with Crippen molar-refractivity contribution in [1.29, 1.82) is 0 Å². The van der Waals surface area contributed by atoms with Crippen LogP contribution in [0.4, 0.5) is 5.69 Å². The molecule has 0 radical (unpaired) electrons. The van der Waals surface area contributed by atoms with Crippen molar-refractivity contribution >= 4 is 23.2 Å². The monoisotopic (exact) mass is 387 g/mol. The van der Waals surface area contributed by atoms with Crippen molar-refractivity contribution < 1.29 is 5.11 Å². The smallest absolute Gasteiger partial charge is 0.194 e. The molecule has 0 saturated carbocycles. The Morgan fingerprint density at radius 1 is 1.19 bits per heavy atom. The number of anilines is 1. The third-order valence-electron chi connectivity index (χ3n) is 4.61. The van der Waals surface area contributed by atoms with E-state index in [1.807, 2.05) is 30.3 Å². The Hall–Kier alpha value is -2.31. The molecule has 1 unspecified atom stereocenters. The predicted octanol–water partition coefficient (Wildman–Crippen LogP) is 2.56. The number of nitrogens with one attached hydrogen (secondary N) is 1. The summed E-state index contributed by atoms with van der Waals surface area (Å²) in [5.74, 6) is 0.837. The van der Waals surface area contributed by atoms with Crippen LogP contribution >= 0.6 is 11.6 Å². The number of pyridine rings is 1. The van der Waals surface area contributed by atoms with E-state index in [1.165, 1.54) is 0 Å². The number of halogens is 1. The summed E-state index contributed by atoms with van der Waals surface area (Å²) in [5, 5.41) is 14.5. The maximum atomic E-state index is 10.4. The molecule has 1 fully saturated rings. The molecule has 0 spiro atoms. The predicted molar refractivity (Wildman–Crippen MR) is 110 cm³/mol. The fourth-order valence-corrected chi connectivity index (χ4v) is 3.41. The van der Waals surface area contributed by atoms with Crippen LogP contribution in [0.5, 0.6) is 0 Å². The number of benzene rings is 1. The second kappa shape index (κ2) is 9.58. The molecule has 1 aromatic carbocycles. The van der Waals surface area contributed by atoms with Gasteiger partial charge in [-0.15, -0.1) is 0 Å². The van der Waals surface area contributed by atoms with Crippen LogP contribution in [0.1, 0.15) is 18.6 Å². The molecular formula is C20H26ClN5O. The zero-order valence-corrected chi connectivity index (χ0v) is 16.3. The third-order valence-corrected chi connectivity index (χ3v) is 4.93. The summed E-state index contributed by atoms with van der Waals surface area (Å²) in [6, 6.07) is 11.6. The number of piperazine rings is 1. The molecule has 1 aromatic heterocycles. The first kappa shape index (κ1) is 19.5. The first-order chi connectivity index (χ1) is 13.2. The minimum atomic E-state index is -0.633. The first-order valence-electron chi connectivity index (χ1n) is 9.29. The van der Waals surface area contributed by atoms with Crippen molar-refractivity contribution in [2.45, 2.75) is 13.0 Å². The van der Waals surface area contributed by atoms with E-state index in [4.69, 9.17) is 11.6 Å². The zero-order chi connectivity index (χ0) is 19.1. The Bertz CT molecular complexity index is 747. The molecule has 27 heavy (non-hydrogen) atoms. The quantitative estimate of drug-likeness (QED) is 0.609. The second-order valence-electron chi connectivity index (χ2n) is 6.42. The second-order valence-corrected chi connectivity index (χ2v) is 6.82. The Morgan fingerprint density at radius 3 is 2.56 bits per heavy atom. The molecule has 0 aliphatic carbocycles. The van der Waals surface area contributed by atoms with E-state index in [0.717, 1.165) is 55.0 Å². The summed E-state index contributed by atoms with van der Waals surface area (Å²) in [5.41, 5.74) is 1.90. The number of para-hydroxylation sites is 1. The van der Waals surface area contributed by atoms with Gasteiger partial charge < -0.3 is 20.2 Å². The molecule has 1 aliphatic rings. The van der Waals surface area contributed by atoms with Crippen LogP contribution in [0.2, 0.25) is 5.02 Å². The van der Waals surface area contributed by atoms with Crippen LogP contribution in [-0.4, -0.2) is 60.2 Å². The van der Waals surface area contributed by atoms with Crippen molar-refractivity contribution in [3.63, 3.8) is 0 Å². The highest BCUT2D eigenvalue weighted by molar-refractivity contribution is 6.33. The number of aliphatic hydroxyl groups excluding tert-OH is 1. The van der Waals surface area contributed by atoms with E-state index in [9.17, 15) is 5.11 Å². The van der Waals surface area contributed by atoms with Gasteiger partial charge in [0.2, 0.25) is 0 Å². The van der Waals surface area contributed by atoms with E-state index in [-0.39, 0.29) is 0 Å². The molecule has 144 valence electrons. The van der Waals surface area contributed by atoms with Crippen molar-refractivity contribution in [3.05, 3.63) is 59.4 Å². The minimum Gasteiger partial charge on any atom is -0.386 e. The molecule has 3 rings (SSSR count). The highest BCUT2D eigenvalue weighted by Gasteiger charge is 2.21. The molecule has 2 heterocycles. The Labute approximate surface area is 165 Å². The van der Waals surface area contributed by atoms with Gasteiger partial charge in [-0.25, -0.2) is 0 Å². The molecule has 1 aliphatic heterocycles. The van der Waals surface area contributed by atoms with E-state index >= 15 is 0 Å². The van der Waals surface area contributed by atoms with Gasteiger partial charge in [-0.2, -0.15) is 0 Å². The van der Waals surface area contributed by atoms with E-state index in [0.29, 0.717) is 6.54 Å². The standard InChI is InChI=1S/C20H26ClN5O/c1-2-23-20(24-15-19(27)16-7-9-22-10-8-16)26-13-11-25(12-14-26)18-6-4-3-5-17(18)21/h3-10,19,27H,2,11-15H2,1H3,(H,23,24). The lowest BCUT2D eigenvalue weighted by molar-refractivity contribution is 0.186. The molecule has 7 heteroatoms. The highest BCUT2D eigenvalue weighted by Crippen LogP contribution is 2.26. The Kier molecular flexibility index (Phi) is 6.90. The van der Waals surface area contributed by atoms with Crippen molar-refractivity contribution in [2.75, 3.05) is 44.2 Å². The van der Waals surface area contributed by atoms with Gasteiger partial charge in [0.25, 0.3) is 0 Å². The normalized spacial score (nSPS) is 16.3. The minimum absolute atomic E-state index is 0.317. The number of nitrogens with zero attached hydrogens (tertiary/aromatic N) is 4. The number of hydrogen-bond acceptors (Lipinski definition) is 4. The van der Waals surface area contributed by atoms with E-state index in [2.05, 4.69) is 38.1 Å². The van der Waals surface area contributed by atoms with Gasteiger partial charge in [-0.1, -0.05) is 23.7 Å². The maximum Gasteiger partial charge on any atom is 0.194 e. The summed E-state index contributed by atoms with van der Waals surface area (Å²) in [6.45, 7) is 6.60. The molecule has 0 amide bonds. The third kappa shape index (κ3) is 5.11. The molecule has 1 atom stereocenters. The van der Waals surface area contributed by atoms with Crippen molar-refractivity contribution in [1.82, 2.24) is 15.2 Å². The van der Waals surface area contributed by atoms with Crippen molar-refractivity contribution in [3.8, 4) is 0 Å². The lowest BCUT2D eigenvalue weighted by atomic mass is 10.1. The summed E-state index contributed by atoms with van der Waals surface area (Å²) in [4.78, 5) is 13.2. The lowest BCUT2D eigenvalue weighted by Gasteiger charge is -2.38. The largest absolute Gasteiger partial charge is 0.386 e. The summed E-state index contributed by atoms with van der Waals surface area (Å²) in [7, 11) is 0. The van der Waals surface area contributed by atoms with Crippen LogP contribution in [0, 0.1) is 0 Å². The molecule has 0 bridgehead atoms. The van der Waals surface area contributed by atoms with Gasteiger partial charge in [0.15, 0.2) is 5.96 Å². The van der Waals surface area contributed by atoms with Crippen LogP contribution in [0.15, 0.2) is 53.8 Å². The topological polar surface area (TPSA) is 64.0 Å². The number of aromatic nitrogens is 1. The maximum absolute atomic E-state index is 10.4.